The van der Waals surface area contributed by atoms with Crippen molar-refractivity contribution in [1.82, 2.24) is 0 Å². The number of hydrogen-bond acceptors (Lipinski definition) is 1. The number of carbonyl (C=O) groups excluding carboxylic acids is 1. The predicted octanol–water partition coefficient (Wildman–Crippen LogP) is 2.42. The molecule has 66 valence electrons. The van der Waals surface area contributed by atoms with Gasteiger partial charge in [-0.05, 0) is 30.6 Å². The van der Waals surface area contributed by atoms with Crippen molar-refractivity contribution in [2.75, 3.05) is 0 Å². The summed E-state index contributed by atoms with van der Waals surface area (Å²) in [6.07, 6.45) is 9.45. The zero-order valence-corrected chi connectivity index (χ0v) is 7.57. The lowest BCUT2D eigenvalue weighted by Crippen LogP contribution is -2.20. The zero-order chi connectivity index (χ0) is 8.55. The molecule has 0 spiro atoms. The highest BCUT2D eigenvalue weighted by Crippen LogP contribution is 2.48. The molecule has 1 nitrogen and oxygen atoms in total. The average molecular weight is 164 g/mol. The van der Waals surface area contributed by atoms with Gasteiger partial charge in [-0.25, -0.2) is 0 Å². The highest BCUT2D eigenvalue weighted by atomic mass is 16.1. The summed E-state index contributed by atoms with van der Waals surface area (Å²) in [5, 5.41) is 0. The lowest BCUT2D eigenvalue weighted by atomic mass is 9.81. The zero-order valence-electron chi connectivity index (χ0n) is 7.57. The Labute approximate surface area is 73.8 Å². The predicted molar refractivity (Wildman–Crippen MR) is 48.7 cm³/mol. The van der Waals surface area contributed by atoms with Gasteiger partial charge in [0.25, 0.3) is 0 Å². The Kier molecular flexibility index (Phi) is 2.03. The van der Waals surface area contributed by atoms with Gasteiger partial charge in [-0.3, -0.25) is 0 Å². The summed E-state index contributed by atoms with van der Waals surface area (Å²) >= 11 is 0. The molecule has 2 unspecified atom stereocenters. The maximum Gasteiger partial charge on any atom is 0.123 e. The van der Waals surface area contributed by atoms with Crippen molar-refractivity contribution in [3.8, 4) is 0 Å². The summed E-state index contributed by atoms with van der Waals surface area (Å²) in [5.41, 5.74) is 0. The second-order valence-electron chi connectivity index (χ2n) is 4.11. The minimum Gasteiger partial charge on any atom is -0.303 e. The quantitative estimate of drug-likeness (QED) is 0.462. The van der Waals surface area contributed by atoms with Crippen molar-refractivity contribution < 1.29 is 4.79 Å². The molecule has 2 bridgehead atoms. The van der Waals surface area contributed by atoms with Gasteiger partial charge in [0, 0.05) is 5.92 Å². The topological polar surface area (TPSA) is 17.1 Å². The summed E-state index contributed by atoms with van der Waals surface area (Å²) < 4.78 is 0. The minimum absolute atomic E-state index is 0.347. The normalized spacial score (nSPS) is 43.8. The van der Waals surface area contributed by atoms with Crippen LogP contribution in [0.3, 0.4) is 0 Å². The molecule has 0 amide bonds. The number of allylic oxidation sites excluding steroid dienone is 2. The lowest BCUT2D eigenvalue weighted by molar-refractivity contribution is -0.113. The molecule has 0 aliphatic heterocycles. The van der Waals surface area contributed by atoms with E-state index in [1.165, 1.54) is 25.5 Å². The molecule has 0 aromatic carbocycles. The van der Waals surface area contributed by atoms with E-state index in [4.69, 9.17) is 0 Å². The summed E-state index contributed by atoms with van der Waals surface area (Å²) in [6, 6.07) is 0. The molecule has 0 N–H and O–H groups in total. The molecule has 12 heavy (non-hydrogen) atoms. The monoisotopic (exact) mass is 164 g/mol. The number of rotatable bonds is 3. The standard InChI is InChI=1S/C11H16O/c1-2-3-10-8-4-5-9(6-8)11(10)7-12/h4-5,7-11H,2-3,6H2,1H3/t8-,9+,10?,11?/m0/s1. The Bertz CT molecular complexity index is 207. The average Bonchev–Trinajstić information content (AvgIpc) is 2.64. The van der Waals surface area contributed by atoms with Crippen molar-refractivity contribution in [1.29, 1.82) is 0 Å². The highest BCUT2D eigenvalue weighted by Gasteiger charge is 2.43. The first kappa shape index (κ1) is 8.03. The van der Waals surface area contributed by atoms with E-state index < -0.39 is 0 Å². The third-order valence-corrected chi connectivity index (χ3v) is 3.47. The maximum absolute atomic E-state index is 10.8. The van der Waals surface area contributed by atoms with E-state index in [1.807, 2.05) is 0 Å². The lowest BCUT2D eigenvalue weighted by Gasteiger charge is -2.22. The molecule has 0 aromatic heterocycles. The third-order valence-electron chi connectivity index (χ3n) is 3.47. The van der Waals surface area contributed by atoms with Crippen LogP contribution in [0.5, 0.6) is 0 Å². The van der Waals surface area contributed by atoms with Gasteiger partial charge in [-0.2, -0.15) is 0 Å². The van der Waals surface area contributed by atoms with Crippen LogP contribution in [0.15, 0.2) is 12.2 Å². The minimum atomic E-state index is 0.347. The SMILES string of the molecule is CCCC1C(C=O)[C@@H]2C=C[C@H]1C2. The van der Waals surface area contributed by atoms with Crippen LogP contribution in [-0.4, -0.2) is 6.29 Å². The number of carbonyl (C=O) groups is 1. The van der Waals surface area contributed by atoms with Crippen molar-refractivity contribution in [3.63, 3.8) is 0 Å². The smallest absolute Gasteiger partial charge is 0.123 e. The van der Waals surface area contributed by atoms with E-state index in [9.17, 15) is 4.79 Å². The van der Waals surface area contributed by atoms with Gasteiger partial charge in [-0.1, -0.05) is 25.5 Å². The molecule has 0 heterocycles. The van der Waals surface area contributed by atoms with Crippen LogP contribution >= 0.6 is 0 Å². The van der Waals surface area contributed by atoms with Crippen LogP contribution in [0.1, 0.15) is 26.2 Å². The van der Waals surface area contributed by atoms with Crippen LogP contribution in [0.25, 0.3) is 0 Å². The molecule has 2 aliphatic rings. The molecule has 2 aliphatic carbocycles. The summed E-state index contributed by atoms with van der Waals surface area (Å²) in [5.74, 6) is 2.33. The van der Waals surface area contributed by atoms with Crippen molar-refractivity contribution >= 4 is 6.29 Å². The summed E-state index contributed by atoms with van der Waals surface area (Å²) in [4.78, 5) is 10.8. The largest absolute Gasteiger partial charge is 0.303 e. The first-order valence-electron chi connectivity index (χ1n) is 5.00. The molecule has 1 heteroatoms. The second kappa shape index (κ2) is 3.04. The fraction of sp³-hybridized carbons (Fsp3) is 0.727. The Balaban J connectivity index is 2.11. The fourth-order valence-electron chi connectivity index (χ4n) is 2.90. The van der Waals surface area contributed by atoms with Crippen molar-refractivity contribution in [2.24, 2.45) is 23.7 Å². The Morgan fingerprint density at radius 3 is 2.83 bits per heavy atom. The molecule has 2 rings (SSSR count). The van der Waals surface area contributed by atoms with Crippen molar-refractivity contribution in [2.45, 2.75) is 26.2 Å². The van der Waals surface area contributed by atoms with Crippen molar-refractivity contribution in [3.05, 3.63) is 12.2 Å². The molecular weight excluding hydrogens is 148 g/mol. The Morgan fingerprint density at radius 1 is 1.42 bits per heavy atom. The first-order valence-corrected chi connectivity index (χ1v) is 5.00. The van der Waals surface area contributed by atoms with Gasteiger partial charge < -0.3 is 4.79 Å². The molecular formula is C11H16O. The fourth-order valence-corrected chi connectivity index (χ4v) is 2.90. The number of aldehydes is 1. The number of hydrogen-bond donors (Lipinski definition) is 0. The van der Waals surface area contributed by atoms with Crippen LogP contribution < -0.4 is 0 Å². The molecule has 0 saturated heterocycles. The van der Waals surface area contributed by atoms with Crippen LogP contribution in [-0.2, 0) is 4.79 Å². The van der Waals surface area contributed by atoms with Gasteiger partial charge in [0.1, 0.15) is 6.29 Å². The summed E-state index contributed by atoms with van der Waals surface area (Å²) in [7, 11) is 0. The van der Waals surface area contributed by atoms with Crippen LogP contribution in [0.4, 0.5) is 0 Å². The maximum atomic E-state index is 10.8. The molecule has 0 aromatic rings. The van der Waals surface area contributed by atoms with Gasteiger partial charge >= 0.3 is 0 Å². The van der Waals surface area contributed by atoms with E-state index in [-0.39, 0.29) is 0 Å². The highest BCUT2D eigenvalue weighted by molar-refractivity contribution is 5.57. The van der Waals surface area contributed by atoms with E-state index in [2.05, 4.69) is 19.1 Å². The van der Waals surface area contributed by atoms with E-state index in [0.29, 0.717) is 17.8 Å². The first-order chi connectivity index (χ1) is 5.86. The Morgan fingerprint density at radius 2 is 2.17 bits per heavy atom. The van der Waals surface area contributed by atoms with Crippen LogP contribution in [0.2, 0.25) is 0 Å². The van der Waals surface area contributed by atoms with Gasteiger partial charge in [0.2, 0.25) is 0 Å². The van der Waals surface area contributed by atoms with E-state index in [1.54, 1.807) is 0 Å². The summed E-state index contributed by atoms with van der Waals surface area (Å²) in [6.45, 7) is 2.21. The second-order valence-corrected chi connectivity index (χ2v) is 4.11. The van der Waals surface area contributed by atoms with Gasteiger partial charge in [0.05, 0.1) is 0 Å². The van der Waals surface area contributed by atoms with Crippen LogP contribution in [0, 0.1) is 23.7 Å². The van der Waals surface area contributed by atoms with E-state index in [0.717, 1.165) is 5.92 Å². The Hall–Kier alpha value is -0.590. The molecule has 0 radical (unpaired) electrons. The van der Waals surface area contributed by atoms with Gasteiger partial charge in [-0.15, -0.1) is 0 Å². The molecule has 1 fully saturated rings. The third kappa shape index (κ3) is 1.03. The van der Waals surface area contributed by atoms with Gasteiger partial charge in [0.15, 0.2) is 0 Å². The molecule has 1 saturated carbocycles. The number of fused-ring (bicyclic) bond motifs is 2. The van der Waals surface area contributed by atoms with E-state index >= 15 is 0 Å². The molecule has 4 atom stereocenters.